The molecule has 1 aliphatic rings. The fourth-order valence-electron chi connectivity index (χ4n) is 4.11. The number of hydrogen-bond donors (Lipinski definition) is 0. The number of piperazine rings is 1. The third-order valence-electron chi connectivity index (χ3n) is 5.75. The van der Waals surface area contributed by atoms with E-state index >= 15 is 0 Å². The lowest BCUT2D eigenvalue weighted by Crippen LogP contribution is -2.48. The maximum Gasteiger partial charge on any atom is 0.244 e. The summed E-state index contributed by atoms with van der Waals surface area (Å²) < 4.78 is 38.7. The van der Waals surface area contributed by atoms with Crippen LogP contribution in [0.25, 0.3) is 0 Å². The lowest BCUT2D eigenvalue weighted by Gasteiger charge is -2.33. The molecule has 0 amide bonds. The highest BCUT2D eigenvalue weighted by Crippen LogP contribution is 2.28. The second-order valence-electron chi connectivity index (χ2n) is 8.61. The maximum absolute atomic E-state index is 13.0. The second-order valence-corrected chi connectivity index (χ2v) is 11.4. The van der Waals surface area contributed by atoms with Gasteiger partial charge in [-0.1, -0.05) is 52.5 Å². The molecule has 35 heavy (non-hydrogen) atoms. The van der Waals surface area contributed by atoms with Gasteiger partial charge in [0.05, 0.1) is 11.6 Å². The van der Waals surface area contributed by atoms with Gasteiger partial charge in [0.1, 0.15) is 23.5 Å². The summed E-state index contributed by atoms with van der Waals surface area (Å²) in [6.07, 6.45) is 1.34. The summed E-state index contributed by atoms with van der Waals surface area (Å²) in [7, 11) is -3.73. The van der Waals surface area contributed by atoms with Crippen LogP contribution < -0.4 is 10.2 Å². The molecule has 1 aliphatic heterocycles. The van der Waals surface area contributed by atoms with Gasteiger partial charge < -0.3 is 9.15 Å². The Morgan fingerprint density at radius 3 is 2.29 bits per heavy atom. The van der Waals surface area contributed by atoms with Gasteiger partial charge in [0.15, 0.2) is 0 Å². The summed E-state index contributed by atoms with van der Waals surface area (Å²) in [6.45, 7) is 6.26. The van der Waals surface area contributed by atoms with E-state index in [2.05, 4.69) is 6.07 Å². The van der Waals surface area contributed by atoms with Gasteiger partial charge in [-0.2, -0.15) is 4.31 Å². The summed E-state index contributed by atoms with van der Waals surface area (Å²) in [5.41, 5.74) is 3.00. The zero-order chi connectivity index (χ0) is 25.2. The Hall–Kier alpha value is -2.36. The molecule has 186 valence electrons. The highest BCUT2D eigenvalue weighted by Gasteiger charge is 2.30. The van der Waals surface area contributed by atoms with Crippen molar-refractivity contribution in [3.63, 3.8) is 0 Å². The molecular formula is C25H26Cl2N2O5S. The molecule has 2 heterocycles. The predicted octanol–water partition coefficient (Wildman–Crippen LogP) is 4.65. The van der Waals surface area contributed by atoms with Crippen LogP contribution >= 0.6 is 23.2 Å². The fraction of sp³-hybridized carbons (Fsp3) is 0.320. The van der Waals surface area contributed by atoms with Crippen molar-refractivity contribution in [2.45, 2.75) is 31.9 Å². The second kappa shape index (κ2) is 10.7. The van der Waals surface area contributed by atoms with Gasteiger partial charge in [-0.25, -0.2) is 8.42 Å². The largest absolute Gasteiger partial charge is 0.482 e. The first-order chi connectivity index (χ1) is 16.6. The number of hydrogen-bond acceptors (Lipinski definition) is 6. The van der Waals surface area contributed by atoms with Crippen LogP contribution in [0.2, 0.25) is 10.0 Å². The van der Waals surface area contributed by atoms with Gasteiger partial charge in [-0.3, -0.25) is 9.69 Å². The predicted molar refractivity (Wildman–Crippen MR) is 136 cm³/mol. The number of halogens is 2. The molecule has 0 atom stereocenters. The van der Waals surface area contributed by atoms with Gasteiger partial charge in [-0.05, 0) is 37.6 Å². The lowest BCUT2D eigenvalue weighted by molar-refractivity contribution is 0.169. The van der Waals surface area contributed by atoms with E-state index in [-0.39, 0.29) is 27.7 Å². The van der Waals surface area contributed by atoms with E-state index in [1.165, 1.54) is 34.8 Å². The van der Waals surface area contributed by atoms with Crippen LogP contribution in [0.3, 0.4) is 0 Å². The Labute approximate surface area is 214 Å². The minimum atomic E-state index is -3.73. The van der Waals surface area contributed by atoms with Crippen molar-refractivity contribution in [3.8, 4) is 5.75 Å². The van der Waals surface area contributed by atoms with Crippen molar-refractivity contribution in [3.05, 3.63) is 91.4 Å². The normalized spacial score (nSPS) is 15.3. The van der Waals surface area contributed by atoms with Crippen molar-refractivity contribution in [1.29, 1.82) is 0 Å². The molecule has 0 unspecified atom stereocenters. The molecule has 1 aromatic heterocycles. The molecule has 7 nitrogen and oxygen atoms in total. The monoisotopic (exact) mass is 536 g/mol. The fourth-order valence-corrected chi connectivity index (χ4v) is 6.28. The SMILES string of the molecule is Cc1cc(C)cc(COc2coc(CN3CCN(S(=O)(=O)c4ccc(Cl)cc4Cl)CC3)cc2=O)c1. The Morgan fingerprint density at radius 2 is 1.66 bits per heavy atom. The molecule has 4 rings (SSSR count). The Balaban J connectivity index is 1.34. The topological polar surface area (TPSA) is 80.1 Å². The summed E-state index contributed by atoms with van der Waals surface area (Å²) in [6, 6.07) is 11.9. The minimum Gasteiger partial charge on any atom is -0.482 e. The van der Waals surface area contributed by atoms with Crippen LogP contribution in [0, 0.1) is 13.8 Å². The van der Waals surface area contributed by atoms with Crippen molar-refractivity contribution in [1.82, 2.24) is 9.21 Å². The molecule has 1 fully saturated rings. The number of nitrogens with zero attached hydrogens (tertiary/aromatic N) is 2. The van der Waals surface area contributed by atoms with Gasteiger partial charge >= 0.3 is 0 Å². The standard InChI is InChI=1S/C25H26Cl2N2O5S/c1-17-9-18(2)11-19(10-17)15-34-24-16-33-21(13-23(24)30)14-28-5-7-29(8-6-28)35(31,32)25-4-3-20(26)12-22(25)27/h3-4,9-13,16H,5-8,14-15H2,1-2H3. The number of ether oxygens (including phenoxy) is 1. The minimum absolute atomic E-state index is 0.0411. The first-order valence-electron chi connectivity index (χ1n) is 11.1. The molecule has 2 aromatic carbocycles. The third-order valence-corrected chi connectivity index (χ3v) is 8.37. The molecule has 3 aromatic rings. The summed E-state index contributed by atoms with van der Waals surface area (Å²) >= 11 is 12.0. The molecule has 10 heteroatoms. The van der Waals surface area contributed by atoms with Gasteiger partial charge in [0.25, 0.3) is 0 Å². The van der Waals surface area contributed by atoms with Crippen molar-refractivity contribution >= 4 is 33.2 Å². The number of sulfonamides is 1. The zero-order valence-electron chi connectivity index (χ0n) is 19.5. The van der Waals surface area contributed by atoms with Gasteiger partial charge in [0.2, 0.25) is 21.2 Å². The van der Waals surface area contributed by atoms with Crippen LogP contribution in [-0.4, -0.2) is 43.8 Å². The van der Waals surface area contributed by atoms with E-state index in [4.69, 9.17) is 32.4 Å². The first-order valence-corrected chi connectivity index (χ1v) is 13.3. The van der Waals surface area contributed by atoms with E-state index in [1.807, 2.05) is 30.9 Å². The first kappa shape index (κ1) is 25.7. The van der Waals surface area contributed by atoms with Crippen LogP contribution in [0.1, 0.15) is 22.5 Å². The van der Waals surface area contributed by atoms with E-state index in [0.29, 0.717) is 43.5 Å². The summed E-state index contributed by atoms with van der Waals surface area (Å²) in [5, 5.41) is 0.475. The summed E-state index contributed by atoms with van der Waals surface area (Å²) in [4.78, 5) is 14.6. The molecule has 0 bridgehead atoms. The van der Waals surface area contributed by atoms with Crippen molar-refractivity contribution in [2.24, 2.45) is 0 Å². The van der Waals surface area contributed by atoms with Crippen molar-refractivity contribution in [2.75, 3.05) is 26.2 Å². The highest BCUT2D eigenvalue weighted by molar-refractivity contribution is 7.89. The van der Waals surface area contributed by atoms with Crippen LogP contribution in [0.5, 0.6) is 5.75 Å². The molecule has 0 N–H and O–H groups in total. The molecule has 0 spiro atoms. The molecular weight excluding hydrogens is 511 g/mol. The zero-order valence-corrected chi connectivity index (χ0v) is 21.8. The average Bonchev–Trinajstić information content (AvgIpc) is 2.78. The van der Waals surface area contributed by atoms with Crippen LogP contribution in [0.4, 0.5) is 0 Å². The van der Waals surface area contributed by atoms with Crippen LogP contribution in [-0.2, 0) is 23.2 Å². The lowest BCUT2D eigenvalue weighted by atomic mass is 10.1. The van der Waals surface area contributed by atoms with E-state index in [9.17, 15) is 13.2 Å². The molecule has 0 saturated carbocycles. The average molecular weight is 537 g/mol. The molecule has 0 aliphatic carbocycles. The third kappa shape index (κ3) is 6.26. The summed E-state index contributed by atoms with van der Waals surface area (Å²) in [5.74, 6) is 0.648. The number of aryl methyl sites for hydroxylation is 2. The smallest absolute Gasteiger partial charge is 0.244 e. The van der Waals surface area contributed by atoms with Gasteiger partial charge in [-0.15, -0.1) is 0 Å². The quantitative estimate of drug-likeness (QED) is 0.437. The Morgan fingerprint density at radius 1 is 0.971 bits per heavy atom. The van der Waals surface area contributed by atoms with Crippen LogP contribution in [0.15, 0.2) is 62.8 Å². The van der Waals surface area contributed by atoms with E-state index in [0.717, 1.165) is 16.7 Å². The molecule has 0 radical (unpaired) electrons. The Bertz CT molecular complexity index is 1360. The number of rotatable bonds is 7. The molecule has 1 saturated heterocycles. The number of benzene rings is 2. The van der Waals surface area contributed by atoms with Crippen molar-refractivity contribution < 1.29 is 17.6 Å². The highest BCUT2D eigenvalue weighted by atomic mass is 35.5. The maximum atomic E-state index is 13.0. The van der Waals surface area contributed by atoms with E-state index < -0.39 is 10.0 Å². The van der Waals surface area contributed by atoms with E-state index in [1.54, 1.807) is 0 Å². The van der Waals surface area contributed by atoms with Gasteiger partial charge in [0, 0.05) is 37.3 Å². The Kier molecular flexibility index (Phi) is 7.88.